The summed E-state index contributed by atoms with van der Waals surface area (Å²) in [5.41, 5.74) is 0. The lowest BCUT2D eigenvalue weighted by Gasteiger charge is -2.39. The number of nitrogens with zero attached hydrogens (tertiary/aromatic N) is 1. The van der Waals surface area contributed by atoms with E-state index in [0.717, 1.165) is 13.1 Å². The molecule has 1 aliphatic heterocycles. The zero-order valence-electron chi connectivity index (χ0n) is 9.05. The Labute approximate surface area is 86.5 Å². The van der Waals surface area contributed by atoms with Gasteiger partial charge in [-0.25, -0.2) is 0 Å². The first-order chi connectivity index (χ1) is 6.25. The molecule has 3 heteroatoms. The van der Waals surface area contributed by atoms with Crippen molar-refractivity contribution in [3.05, 3.63) is 0 Å². The highest BCUT2D eigenvalue weighted by atomic mass is 32.2. The van der Waals surface area contributed by atoms with Crippen LogP contribution in [0.1, 0.15) is 20.3 Å². The van der Waals surface area contributed by atoms with Gasteiger partial charge in [-0.1, -0.05) is 0 Å². The maximum Gasteiger partial charge on any atom is 0.0195 e. The van der Waals surface area contributed by atoms with Crippen molar-refractivity contribution in [1.82, 2.24) is 10.2 Å². The topological polar surface area (TPSA) is 15.3 Å². The van der Waals surface area contributed by atoms with E-state index in [4.69, 9.17) is 0 Å². The van der Waals surface area contributed by atoms with E-state index in [1.54, 1.807) is 0 Å². The summed E-state index contributed by atoms with van der Waals surface area (Å²) in [7, 11) is 0. The number of hydrogen-bond donors (Lipinski definition) is 1. The van der Waals surface area contributed by atoms with E-state index in [0.29, 0.717) is 12.1 Å². The molecule has 0 spiro atoms. The Morgan fingerprint density at radius 2 is 1.92 bits per heavy atom. The SMILES string of the molecule is CSCCCN1C(C)CNCC1C. The van der Waals surface area contributed by atoms with Crippen LogP contribution in [0, 0.1) is 0 Å². The molecule has 1 saturated heterocycles. The molecule has 2 unspecified atom stereocenters. The van der Waals surface area contributed by atoms with Crippen molar-refractivity contribution in [3.63, 3.8) is 0 Å². The van der Waals surface area contributed by atoms with Crippen molar-refractivity contribution in [2.75, 3.05) is 31.6 Å². The predicted octanol–water partition coefficient (Wildman–Crippen LogP) is 1.42. The fraction of sp³-hybridized carbons (Fsp3) is 1.00. The van der Waals surface area contributed by atoms with Gasteiger partial charge in [-0.05, 0) is 38.8 Å². The van der Waals surface area contributed by atoms with Gasteiger partial charge in [0.1, 0.15) is 0 Å². The first kappa shape index (κ1) is 11.3. The highest BCUT2D eigenvalue weighted by Gasteiger charge is 2.23. The van der Waals surface area contributed by atoms with E-state index in [1.165, 1.54) is 18.7 Å². The zero-order chi connectivity index (χ0) is 9.68. The Hall–Kier alpha value is 0.270. The molecule has 13 heavy (non-hydrogen) atoms. The normalized spacial score (nSPS) is 30.7. The third kappa shape index (κ3) is 3.49. The minimum Gasteiger partial charge on any atom is -0.314 e. The van der Waals surface area contributed by atoms with Gasteiger partial charge in [-0.15, -0.1) is 0 Å². The van der Waals surface area contributed by atoms with Crippen LogP contribution in [0.15, 0.2) is 0 Å². The molecule has 0 saturated carbocycles. The molecule has 1 N–H and O–H groups in total. The Morgan fingerprint density at radius 1 is 1.31 bits per heavy atom. The Balaban J connectivity index is 2.26. The van der Waals surface area contributed by atoms with Gasteiger partial charge < -0.3 is 5.32 Å². The smallest absolute Gasteiger partial charge is 0.0195 e. The number of hydrogen-bond acceptors (Lipinski definition) is 3. The van der Waals surface area contributed by atoms with Crippen molar-refractivity contribution in [2.45, 2.75) is 32.4 Å². The number of piperazine rings is 1. The summed E-state index contributed by atoms with van der Waals surface area (Å²) < 4.78 is 0. The molecule has 1 rings (SSSR count). The van der Waals surface area contributed by atoms with E-state index in [1.807, 2.05) is 11.8 Å². The molecule has 0 aromatic rings. The zero-order valence-corrected chi connectivity index (χ0v) is 9.86. The van der Waals surface area contributed by atoms with Gasteiger partial charge in [0.05, 0.1) is 0 Å². The third-order valence-corrected chi connectivity index (χ3v) is 3.47. The molecule has 78 valence electrons. The number of thioether (sulfide) groups is 1. The minimum absolute atomic E-state index is 0.714. The summed E-state index contributed by atoms with van der Waals surface area (Å²) in [4.78, 5) is 2.63. The van der Waals surface area contributed by atoms with Gasteiger partial charge >= 0.3 is 0 Å². The molecule has 0 amide bonds. The van der Waals surface area contributed by atoms with Crippen LogP contribution < -0.4 is 5.32 Å². The van der Waals surface area contributed by atoms with Crippen LogP contribution in [0.2, 0.25) is 0 Å². The summed E-state index contributed by atoms with van der Waals surface area (Å²) in [6, 6.07) is 1.43. The van der Waals surface area contributed by atoms with Crippen LogP contribution >= 0.6 is 11.8 Å². The largest absolute Gasteiger partial charge is 0.314 e. The first-order valence-electron chi connectivity index (χ1n) is 5.21. The molecule has 0 aromatic carbocycles. The third-order valence-electron chi connectivity index (χ3n) is 2.78. The second kappa shape index (κ2) is 5.89. The lowest BCUT2D eigenvalue weighted by atomic mass is 10.1. The molecule has 2 atom stereocenters. The fourth-order valence-corrected chi connectivity index (χ4v) is 2.42. The highest BCUT2D eigenvalue weighted by Crippen LogP contribution is 2.10. The summed E-state index contributed by atoms with van der Waals surface area (Å²) in [5.74, 6) is 1.30. The first-order valence-corrected chi connectivity index (χ1v) is 6.60. The van der Waals surface area contributed by atoms with Crippen LogP contribution in [0.4, 0.5) is 0 Å². The minimum atomic E-state index is 0.714. The van der Waals surface area contributed by atoms with E-state index < -0.39 is 0 Å². The molecular formula is C10H22N2S. The van der Waals surface area contributed by atoms with Gasteiger partial charge in [0.2, 0.25) is 0 Å². The maximum absolute atomic E-state index is 3.46. The second-order valence-corrected chi connectivity index (χ2v) is 4.93. The Kier molecular flexibility index (Phi) is 5.14. The lowest BCUT2D eigenvalue weighted by molar-refractivity contribution is 0.118. The average Bonchev–Trinajstić information content (AvgIpc) is 2.10. The fourth-order valence-electron chi connectivity index (χ4n) is 2.00. The van der Waals surface area contributed by atoms with Gasteiger partial charge in [0, 0.05) is 25.2 Å². The maximum atomic E-state index is 3.46. The Morgan fingerprint density at radius 3 is 2.46 bits per heavy atom. The molecule has 1 aliphatic rings. The second-order valence-electron chi connectivity index (χ2n) is 3.94. The molecule has 2 nitrogen and oxygen atoms in total. The highest BCUT2D eigenvalue weighted by molar-refractivity contribution is 7.98. The summed E-state index contributed by atoms with van der Waals surface area (Å²) in [6.45, 7) is 8.22. The summed E-state index contributed by atoms with van der Waals surface area (Å²) in [6.07, 6.45) is 3.51. The lowest BCUT2D eigenvalue weighted by Crippen LogP contribution is -2.55. The molecule has 0 radical (unpaired) electrons. The molecule has 0 aliphatic carbocycles. The van der Waals surface area contributed by atoms with E-state index in [9.17, 15) is 0 Å². The molecule has 1 heterocycles. The Bertz CT molecular complexity index is 131. The van der Waals surface area contributed by atoms with Gasteiger partial charge in [0.25, 0.3) is 0 Å². The van der Waals surface area contributed by atoms with Crippen molar-refractivity contribution in [2.24, 2.45) is 0 Å². The summed E-state index contributed by atoms with van der Waals surface area (Å²) in [5, 5.41) is 3.46. The summed E-state index contributed by atoms with van der Waals surface area (Å²) >= 11 is 1.95. The van der Waals surface area contributed by atoms with Crippen LogP contribution in [0.3, 0.4) is 0 Å². The average molecular weight is 202 g/mol. The van der Waals surface area contributed by atoms with Crippen molar-refractivity contribution in [3.8, 4) is 0 Å². The van der Waals surface area contributed by atoms with Gasteiger partial charge in [-0.3, -0.25) is 4.90 Å². The van der Waals surface area contributed by atoms with Crippen LogP contribution in [-0.2, 0) is 0 Å². The number of rotatable bonds is 4. The number of nitrogens with one attached hydrogen (secondary N) is 1. The van der Waals surface area contributed by atoms with Crippen molar-refractivity contribution in [1.29, 1.82) is 0 Å². The quantitative estimate of drug-likeness (QED) is 0.694. The van der Waals surface area contributed by atoms with Gasteiger partial charge in [0.15, 0.2) is 0 Å². The van der Waals surface area contributed by atoms with E-state index in [-0.39, 0.29) is 0 Å². The molecular weight excluding hydrogens is 180 g/mol. The van der Waals surface area contributed by atoms with Crippen LogP contribution in [-0.4, -0.2) is 48.6 Å². The van der Waals surface area contributed by atoms with Crippen molar-refractivity contribution >= 4 is 11.8 Å². The monoisotopic (exact) mass is 202 g/mol. The van der Waals surface area contributed by atoms with E-state index in [2.05, 4.69) is 30.3 Å². The van der Waals surface area contributed by atoms with Crippen molar-refractivity contribution < 1.29 is 0 Å². The molecule has 0 bridgehead atoms. The molecule has 0 aromatic heterocycles. The van der Waals surface area contributed by atoms with E-state index >= 15 is 0 Å². The van der Waals surface area contributed by atoms with Gasteiger partial charge in [-0.2, -0.15) is 11.8 Å². The standard InChI is InChI=1S/C10H22N2S/c1-9-7-11-8-10(2)12(9)5-4-6-13-3/h9-11H,4-8H2,1-3H3. The van der Waals surface area contributed by atoms with Crippen LogP contribution in [0.5, 0.6) is 0 Å². The van der Waals surface area contributed by atoms with Crippen LogP contribution in [0.25, 0.3) is 0 Å². The predicted molar refractivity (Wildman–Crippen MR) is 61.5 cm³/mol. The molecule has 1 fully saturated rings.